The van der Waals surface area contributed by atoms with E-state index in [2.05, 4.69) is 5.32 Å². The first kappa shape index (κ1) is 14.8. The highest BCUT2D eigenvalue weighted by Crippen LogP contribution is 2.28. The van der Waals surface area contributed by atoms with Crippen LogP contribution in [0.1, 0.15) is 6.42 Å². The molecule has 0 aliphatic heterocycles. The molecule has 1 aromatic rings. The number of nitro benzene ring substituents is 1. The van der Waals surface area contributed by atoms with Gasteiger partial charge in [0.15, 0.2) is 5.82 Å². The molecule has 7 nitrogen and oxygen atoms in total. The van der Waals surface area contributed by atoms with Gasteiger partial charge in [-0.2, -0.15) is 0 Å². The van der Waals surface area contributed by atoms with Crippen molar-refractivity contribution in [1.29, 1.82) is 0 Å². The number of carboxylic acids is 1. The van der Waals surface area contributed by atoms with Crippen LogP contribution in [0, 0.1) is 15.9 Å². The average Bonchev–Trinajstić information content (AvgIpc) is 2.35. The van der Waals surface area contributed by atoms with Crippen LogP contribution in [-0.2, 0) is 9.53 Å². The quantitative estimate of drug-likeness (QED) is 0.578. The lowest BCUT2D eigenvalue weighted by atomic mass is 10.2. The Morgan fingerprint density at radius 2 is 2.32 bits per heavy atom. The molecule has 0 saturated carbocycles. The van der Waals surface area contributed by atoms with E-state index in [0.717, 1.165) is 12.1 Å². The van der Waals surface area contributed by atoms with Crippen LogP contribution in [0.25, 0.3) is 0 Å². The van der Waals surface area contributed by atoms with Crippen molar-refractivity contribution in [2.45, 2.75) is 12.5 Å². The predicted octanol–water partition coefficient (Wildman–Crippen LogP) is 1.64. The highest BCUT2D eigenvalue weighted by atomic mass is 19.1. The second kappa shape index (κ2) is 6.64. The zero-order chi connectivity index (χ0) is 14.4. The summed E-state index contributed by atoms with van der Waals surface area (Å²) in [6, 6.07) is 2.13. The van der Waals surface area contributed by atoms with E-state index in [1.165, 1.54) is 13.2 Å². The maximum atomic E-state index is 13.6. The van der Waals surface area contributed by atoms with Crippen LogP contribution in [0.2, 0.25) is 0 Å². The number of benzene rings is 1. The van der Waals surface area contributed by atoms with E-state index in [9.17, 15) is 19.3 Å². The molecular formula is C11H13FN2O5. The number of halogens is 1. The molecule has 0 heterocycles. The van der Waals surface area contributed by atoms with Gasteiger partial charge in [0.05, 0.1) is 4.92 Å². The molecule has 1 rings (SSSR count). The SMILES string of the molecule is COCCC(Nc1c(F)cccc1[N+](=O)[O-])C(=O)O. The molecule has 0 aliphatic carbocycles. The molecule has 0 fully saturated rings. The van der Waals surface area contributed by atoms with Crippen molar-refractivity contribution in [3.63, 3.8) is 0 Å². The summed E-state index contributed by atoms with van der Waals surface area (Å²) < 4.78 is 18.3. The van der Waals surface area contributed by atoms with Crippen molar-refractivity contribution in [2.75, 3.05) is 19.0 Å². The maximum Gasteiger partial charge on any atom is 0.326 e. The molecule has 0 spiro atoms. The fourth-order valence-electron chi connectivity index (χ4n) is 1.48. The first-order valence-corrected chi connectivity index (χ1v) is 5.38. The Morgan fingerprint density at radius 1 is 1.63 bits per heavy atom. The molecule has 0 amide bonds. The lowest BCUT2D eigenvalue weighted by molar-refractivity contribution is -0.384. The number of rotatable bonds is 7. The Hall–Kier alpha value is -2.22. The number of nitrogens with one attached hydrogen (secondary N) is 1. The van der Waals surface area contributed by atoms with E-state index < -0.39 is 34.1 Å². The summed E-state index contributed by atoms with van der Waals surface area (Å²) in [5.74, 6) is -2.12. The summed E-state index contributed by atoms with van der Waals surface area (Å²) in [6.45, 7) is 0.131. The lowest BCUT2D eigenvalue weighted by Gasteiger charge is -2.15. The molecule has 0 aliphatic rings. The van der Waals surface area contributed by atoms with Gasteiger partial charge in [0, 0.05) is 26.2 Å². The third-order valence-corrected chi connectivity index (χ3v) is 2.42. The number of anilines is 1. The molecule has 2 N–H and O–H groups in total. The van der Waals surface area contributed by atoms with Crippen molar-refractivity contribution in [2.24, 2.45) is 0 Å². The van der Waals surface area contributed by atoms with E-state index in [-0.39, 0.29) is 13.0 Å². The van der Waals surface area contributed by atoms with Crippen LogP contribution in [0.5, 0.6) is 0 Å². The number of hydrogen-bond acceptors (Lipinski definition) is 5. The second-order valence-corrected chi connectivity index (χ2v) is 3.71. The van der Waals surface area contributed by atoms with Gasteiger partial charge in [0.2, 0.25) is 0 Å². The number of para-hydroxylation sites is 1. The van der Waals surface area contributed by atoms with E-state index >= 15 is 0 Å². The van der Waals surface area contributed by atoms with Crippen molar-refractivity contribution in [3.8, 4) is 0 Å². The van der Waals surface area contributed by atoms with Gasteiger partial charge in [-0.3, -0.25) is 10.1 Å². The highest BCUT2D eigenvalue weighted by Gasteiger charge is 2.24. The van der Waals surface area contributed by atoms with Gasteiger partial charge in [-0.25, -0.2) is 9.18 Å². The van der Waals surface area contributed by atoms with Gasteiger partial charge in [-0.05, 0) is 6.07 Å². The summed E-state index contributed by atoms with van der Waals surface area (Å²) in [6.07, 6.45) is 0.0529. The second-order valence-electron chi connectivity index (χ2n) is 3.71. The van der Waals surface area contributed by atoms with Gasteiger partial charge in [-0.15, -0.1) is 0 Å². The van der Waals surface area contributed by atoms with Crippen molar-refractivity contribution < 1.29 is 24.0 Å². The largest absolute Gasteiger partial charge is 0.480 e. The molecule has 8 heteroatoms. The zero-order valence-electron chi connectivity index (χ0n) is 10.1. The minimum atomic E-state index is -1.24. The first-order valence-electron chi connectivity index (χ1n) is 5.38. The van der Waals surface area contributed by atoms with Gasteiger partial charge in [0.1, 0.15) is 11.7 Å². The monoisotopic (exact) mass is 272 g/mol. The minimum absolute atomic E-state index is 0.0529. The summed E-state index contributed by atoms with van der Waals surface area (Å²) in [7, 11) is 1.39. The van der Waals surface area contributed by atoms with Crippen LogP contribution in [0.15, 0.2) is 18.2 Å². The van der Waals surface area contributed by atoms with Gasteiger partial charge < -0.3 is 15.2 Å². The number of ether oxygens (including phenoxy) is 1. The topological polar surface area (TPSA) is 102 Å². The Labute approximate surface area is 108 Å². The van der Waals surface area contributed by atoms with Crippen LogP contribution >= 0.6 is 0 Å². The minimum Gasteiger partial charge on any atom is -0.480 e. The summed E-state index contributed by atoms with van der Waals surface area (Å²) in [4.78, 5) is 21.0. The molecule has 1 unspecified atom stereocenters. The zero-order valence-corrected chi connectivity index (χ0v) is 10.1. The Balaban J connectivity index is 3.01. The van der Waals surface area contributed by atoms with Crippen molar-refractivity contribution in [3.05, 3.63) is 34.1 Å². The van der Waals surface area contributed by atoms with Crippen molar-refractivity contribution in [1.82, 2.24) is 0 Å². The molecule has 1 atom stereocenters. The number of nitro groups is 1. The third-order valence-electron chi connectivity index (χ3n) is 2.42. The van der Waals surface area contributed by atoms with Crippen molar-refractivity contribution >= 4 is 17.3 Å². The molecule has 0 bridgehead atoms. The van der Waals surface area contributed by atoms with Crippen LogP contribution in [0.3, 0.4) is 0 Å². The summed E-state index contributed by atoms with van der Waals surface area (Å²) >= 11 is 0. The number of methoxy groups -OCH3 is 1. The van der Waals surface area contributed by atoms with Gasteiger partial charge >= 0.3 is 5.97 Å². The van der Waals surface area contributed by atoms with Crippen LogP contribution < -0.4 is 5.32 Å². The predicted molar refractivity (Wildman–Crippen MR) is 64.6 cm³/mol. The fraction of sp³-hybridized carbons (Fsp3) is 0.364. The molecule has 0 saturated heterocycles. The van der Waals surface area contributed by atoms with E-state index in [1.54, 1.807) is 0 Å². The Bertz CT molecular complexity index is 480. The number of nitrogens with zero attached hydrogens (tertiary/aromatic N) is 1. The van der Waals surface area contributed by atoms with E-state index in [1.807, 2.05) is 0 Å². The van der Waals surface area contributed by atoms with Crippen LogP contribution in [-0.4, -0.2) is 35.8 Å². The summed E-state index contributed by atoms with van der Waals surface area (Å²) in [5.41, 5.74) is -0.945. The number of carbonyl (C=O) groups is 1. The summed E-state index contributed by atoms with van der Waals surface area (Å²) in [5, 5.41) is 22.1. The fourth-order valence-corrected chi connectivity index (χ4v) is 1.48. The number of carboxylic acid groups (broad SMARTS) is 1. The Morgan fingerprint density at radius 3 is 2.84 bits per heavy atom. The number of aliphatic carboxylic acids is 1. The van der Waals surface area contributed by atoms with E-state index in [0.29, 0.717) is 0 Å². The third kappa shape index (κ3) is 3.88. The van der Waals surface area contributed by atoms with Crippen LogP contribution in [0.4, 0.5) is 15.8 Å². The standard InChI is InChI=1S/C11H13FN2O5/c1-19-6-5-8(11(15)16)13-10-7(12)3-2-4-9(10)14(17)18/h2-4,8,13H,5-6H2,1H3,(H,15,16). The molecular weight excluding hydrogens is 259 g/mol. The normalized spacial score (nSPS) is 11.9. The lowest BCUT2D eigenvalue weighted by Crippen LogP contribution is -2.31. The molecule has 0 aromatic heterocycles. The van der Waals surface area contributed by atoms with E-state index in [4.69, 9.17) is 9.84 Å². The van der Waals surface area contributed by atoms with Gasteiger partial charge in [0.25, 0.3) is 5.69 Å². The molecule has 0 radical (unpaired) electrons. The maximum absolute atomic E-state index is 13.6. The molecule has 1 aromatic carbocycles. The highest BCUT2D eigenvalue weighted by molar-refractivity contribution is 5.79. The Kier molecular flexibility index (Phi) is 5.19. The molecule has 104 valence electrons. The number of hydrogen-bond donors (Lipinski definition) is 2. The first-order chi connectivity index (χ1) is 8.97. The molecule has 19 heavy (non-hydrogen) atoms. The average molecular weight is 272 g/mol. The smallest absolute Gasteiger partial charge is 0.326 e. The van der Waals surface area contributed by atoms with Gasteiger partial charge in [-0.1, -0.05) is 6.07 Å².